The summed E-state index contributed by atoms with van der Waals surface area (Å²) in [6.07, 6.45) is 3.42. The van der Waals surface area contributed by atoms with Crippen molar-refractivity contribution in [3.63, 3.8) is 0 Å². The molecule has 1 heterocycles. The van der Waals surface area contributed by atoms with E-state index >= 15 is 0 Å². The summed E-state index contributed by atoms with van der Waals surface area (Å²) in [5, 5.41) is 24.9. The monoisotopic (exact) mass is 264 g/mol. The standard InChI is InChI=1S/C14H20N2O3/c1-9(11-4-2-3-7-15-11)16-14(19)10-5-6-12(17)13(18)8-10/h5-6,8-9,11,15,17-18H,2-4,7H2,1H3,(H,16,19). The quantitative estimate of drug-likeness (QED) is 0.621. The molecule has 19 heavy (non-hydrogen) atoms. The molecule has 0 aromatic heterocycles. The van der Waals surface area contributed by atoms with Crippen LogP contribution >= 0.6 is 0 Å². The molecule has 1 aliphatic heterocycles. The molecular formula is C14H20N2O3. The van der Waals surface area contributed by atoms with E-state index in [0.717, 1.165) is 13.0 Å². The fourth-order valence-corrected chi connectivity index (χ4v) is 2.36. The van der Waals surface area contributed by atoms with Crippen molar-refractivity contribution in [2.45, 2.75) is 38.3 Å². The van der Waals surface area contributed by atoms with E-state index in [4.69, 9.17) is 0 Å². The Bertz CT molecular complexity index is 456. The summed E-state index contributed by atoms with van der Waals surface area (Å²) in [5.74, 6) is -0.746. The summed E-state index contributed by atoms with van der Waals surface area (Å²) in [7, 11) is 0. The van der Waals surface area contributed by atoms with Crippen molar-refractivity contribution in [1.82, 2.24) is 10.6 Å². The lowest BCUT2D eigenvalue weighted by Crippen LogP contribution is -2.50. The number of amides is 1. The minimum atomic E-state index is -0.281. The van der Waals surface area contributed by atoms with Gasteiger partial charge in [-0.25, -0.2) is 0 Å². The van der Waals surface area contributed by atoms with Crippen LogP contribution in [0.5, 0.6) is 11.5 Å². The average Bonchev–Trinajstić information content (AvgIpc) is 2.42. The molecular weight excluding hydrogens is 244 g/mol. The van der Waals surface area contributed by atoms with Gasteiger partial charge in [0.15, 0.2) is 11.5 Å². The van der Waals surface area contributed by atoms with E-state index < -0.39 is 0 Å². The summed E-state index contributed by atoms with van der Waals surface area (Å²) < 4.78 is 0. The van der Waals surface area contributed by atoms with Crippen LogP contribution in [-0.4, -0.2) is 34.7 Å². The summed E-state index contributed by atoms with van der Waals surface area (Å²) in [4.78, 5) is 12.0. The second-order valence-corrected chi connectivity index (χ2v) is 5.02. The van der Waals surface area contributed by atoms with E-state index in [0.29, 0.717) is 11.6 Å². The van der Waals surface area contributed by atoms with E-state index in [1.54, 1.807) is 0 Å². The Labute approximate surface area is 112 Å². The predicted octanol–water partition coefficient (Wildman–Crippen LogP) is 1.36. The molecule has 104 valence electrons. The van der Waals surface area contributed by atoms with Crippen LogP contribution in [0.4, 0.5) is 0 Å². The number of aromatic hydroxyl groups is 2. The first-order valence-corrected chi connectivity index (χ1v) is 6.64. The molecule has 1 saturated heterocycles. The highest BCUT2D eigenvalue weighted by molar-refractivity contribution is 5.95. The maximum Gasteiger partial charge on any atom is 0.251 e. The lowest BCUT2D eigenvalue weighted by Gasteiger charge is -2.29. The molecule has 5 nitrogen and oxygen atoms in total. The first-order valence-electron chi connectivity index (χ1n) is 6.64. The van der Waals surface area contributed by atoms with Crippen LogP contribution in [0.15, 0.2) is 18.2 Å². The van der Waals surface area contributed by atoms with Crippen LogP contribution < -0.4 is 10.6 Å². The molecule has 0 bridgehead atoms. The number of carbonyl (C=O) groups excluding carboxylic acids is 1. The number of phenols is 2. The van der Waals surface area contributed by atoms with E-state index in [9.17, 15) is 15.0 Å². The molecule has 1 fully saturated rings. The molecule has 5 heteroatoms. The Kier molecular flexibility index (Phi) is 4.27. The third-order valence-electron chi connectivity index (χ3n) is 3.55. The van der Waals surface area contributed by atoms with Gasteiger partial charge in [-0.3, -0.25) is 4.79 Å². The predicted molar refractivity (Wildman–Crippen MR) is 72.3 cm³/mol. The average molecular weight is 264 g/mol. The Hall–Kier alpha value is -1.75. The van der Waals surface area contributed by atoms with Gasteiger partial charge in [0, 0.05) is 17.6 Å². The third-order valence-corrected chi connectivity index (χ3v) is 3.55. The summed E-state index contributed by atoms with van der Waals surface area (Å²) in [5.41, 5.74) is 0.345. The van der Waals surface area contributed by atoms with Crippen LogP contribution in [0.25, 0.3) is 0 Å². The summed E-state index contributed by atoms with van der Waals surface area (Å²) in [6, 6.07) is 4.40. The van der Waals surface area contributed by atoms with E-state index in [-0.39, 0.29) is 23.4 Å². The van der Waals surface area contributed by atoms with Gasteiger partial charge in [0.05, 0.1) is 0 Å². The highest BCUT2D eigenvalue weighted by Crippen LogP contribution is 2.24. The highest BCUT2D eigenvalue weighted by Gasteiger charge is 2.21. The minimum Gasteiger partial charge on any atom is -0.504 e. The van der Waals surface area contributed by atoms with Crippen LogP contribution in [0, 0.1) is 0 Å². The number of rotatable bonds is 3. The van der Waals surface area contributed by atoms with Crippen molar-refractivity contribution < 1.29 is 15.0 Å². The second-order valence-electron chi connectivity index (χ2n) is 5.02. The zero-order valence-electron chi connectivity index (χ0n) is 11.0. The molecule has 0 aliphatic carbocycles. The Morgan fingerprint density at radius 1 is 1.37 bits per heavy atom. The molecule has 2 rings (SSSR count). The molecule has 2 unspecified atom stereocenters. The van der Waals surface area contributed by atoms with Gasteiger partial charge in [0.25, 0.3) is 5.91 Å². The summed E-state index contributed by atoms with van der Waals surface area (Å²) in [6.45, 7) is 2.96. The van der Waals surface area contributed by atoms with Gasteiger partial charge in [0.2, 0.25) is 0 Å². The first kappa shape index (κ1) is 13.7. The van der Waals surface area contributed by atoms with Gasteiger partial charge in [-0.1, -0.05) is 6.42 Å². The summed E-state index contributed by atoms with van der Waals surface area (Å²) >= 11 is 0. The number of hydrogen-bond acceptors (Lipinski definition) is 4. The number of phenolic OH excluding ortho intramolecular Hbond substituents is 2. The fourth-order valence-electron chi connectivity index (χ4n) is 2.36. The van der Waals surface area contributed by atoms with E-state index in [2.05, 4.69) is 10.6 Å². The van der Waals surface area contributed by atoms with Crippen LogP contribution in [-0.2, 0) is 0 Å². The molecule has 0 saturated carbocycles. The van der Waals surface area contributed by atoms with Crippen molar-refractivity contribution in [3.05, 3.63) is 23.8 Å². The van der Waals surface area contributed by atoms with Crippen molar-refractivity contribution in [3.8, 4) is 11.5 Å². The molecule has 1 amide bonds. The number of carbonyl (C=O) groups is 1. The second kappa shape index (κ2) is 5.93. The number of nitrogens with one attached hydrogen (secondary N) is 2. The normalized spacial score (nSPS) is 20.8. The van der Waals surface area contributed by atoms with Gasteiger partial charge in [-0.05, 0) is 44.5 Å². The van der Waals surface area contributed by atoms with Crippen LogP contribution in [0.3, 0.4) is 0 Å². The SMILES string of the molecule is CC(NC(=O)c1ccc(O)c(O)c1)C1CCCCN1. The lowest BCUT2D eigenvalue weighted by molar-refractivity contribution is 0.0927. The van der Waals surface area contributed by atoms with E-state index in [1.807, 2.05) is 6.92 Å². The number of hydrogen-bond donors (Lipinski definition) is 4. The van der Waals surface area contributed by atoms with Gasteiger partial charge >= 0.3 is 0 Å². The molecule has 4 N–H and O–H groups in total. The minimum absolute atomic E-state index is 0.0312. The van der Waals surface area contributed by atoms with E-state index in [1.165, 1.54) is 31.0 Å². The zero-order chi connectivity index (χ0) is 13.8. The van der Waals surface area contributed by atoms with Gasteiger partial charge in [0.1, 0.15) is 0 Å². The lowest BCUT2D eigenvalue weighted by atomic mass is 9.99. The molecule has 1 aromatic carbocycles. The molecule has 0 spiro atoms. The maximum atomic E-state index is 12.0. The van der Waals surface area contributed by atoms with Crippen molar-refractivity contribution in [2.75, 3.05) is 6.54 Å². The van der Waals surface area contributed by atoms with Gasteiger partial charge in [-0.15, -0.1) is 0 Å². The first-order chi connectivity index (χ1) is 9.08. The smallest absolute Gasteiger partial charge is 0.251 e. The molecule has 2 atom stereocenters. The molecule has 1 aliphatic rings. The highest BCUT2D eigenvalue weighted by atomic mass is 16.3. The fraction of sp³-hybridized carbons (Fsp3) is 0.500. The molecule has 0 radical (unpaired) electrons. The van der Waals surface area contributed by atoms with Crippen molar-refractivity contribution in [1.29, 1.82) is 0 Å². The maximum absolute atomic E-state index is 12.0. The Morgan fingerprint density at radius 2 is 2.16 bits per heavy atom. The van der Waals surface area contributed by atoms with Crippen molar-refractivity contribution in [2.24, 2.45) is 0 Å². The van der Waals surface area contributed by atoms with Gasteiger partial charge in [-0.2, -0.15) is 0 Å². The topological polar surface area (TPSA) is 81.6 Å². The largest absolute Gasteiger partial charge is 0.504 e. The zero-order valence-corrected chi connectivity index (χ0v) is 11.0. The molecule has 1 aromatic rings. The Balaban J connectivity index is 1.97. The third kappa shape index (κ3) is 3.38. The van der Waals surface area contributed by atoms with Gasteiger partial charge < -0.3 is 20.8 Å². The Morgan fingerprint density at radius 3 is 2.79 bits per heavy atom. The van der Waals surface area contributed by atoms with Crippen LogP contribution in [0.2, 0.25) is 0 Å². The number of piperidine rings is 1. The van der Waals surface area contributed by atoms with Crippen LogP contribution in [0.1, 0.15) is 36.5 Å². The number of benzene rings is 1. The van der Waals surface area contributed by atoms with Crippen molar-refractivity contribution >= 4 is 5.91 Å².